The zero-order chi connectivity index (χ0) is 21.9. The first-order chi connectivity index (χ1) is 14.2. The number of carbonyl (C=O) groups is 2. The Balaban J connectivity index is 1.78. The van der Waals surface area contributed by atoms with Crippen LogP contribution in [-0.2, 0) is 19.5 Å². The van der Waals surface area contributed by atoms with Crippen molar-refractivity contribution < 1.29 is 31.9 Å². The summed E-state index contributed by atoms with van der Waals surface area (Å²) in [5, 5.41) is 0. The third-order valence-corrected chi connectivity index (χ3v) is 6.66. The van der Waals surface area contributed by atoms with Gasteiger partial charge < -0.3 is 9.47 Å². The van der Waals surface area contributed by atoms with Gasteiger partial charge in [0.1, 0.15) is 10.7 Å². The number of nitrogens with zero attached hydrogens (tertiary/aromatic N) is 1. The van der Waals surface area contributed by atoms with Gasteiger partial charge in [0.05, 0.1) is 18.8 Å². The highest BCUT2D eigenvalue weighted by atomic mass is 32.2. The second kappa shape index (κ2) is 9.03. The molecule has 0 radical (unpaired) electrons. The quantitative estimate of drug-likeness (QED) is 0.512. The van der Waals surface area contributed by atoms with Crippen LogP contribution in [0.5, 0.6) is 0 Å². The lowest BCUT2D eigenvalue weighted by Crippen LogP contribution is -2.41. The predicted octanol–water partition coefficient (Wildman–Crippen LogP) is 2.58. The molecule has 9 heteroatoms. The Kier molecular flexibility index (Phi) is 6.64. The van der Waals surface area contributed by atoms with E-state index in [0.717, 1.165) is 28.1 Å². The molecular formula is C21H22FNO6S. The highest BCUT2D eigenvalue weighted by Gasteiger charge is 2.30. The number of halogens is 1. The minimum atomic E-state index is -4.14. The molecule has 1 heterocycles. The predicted molar refractivity (Wildman–Crippen MR) is 106 cm³/mol. The Morgan fingerprint density at radius 3 is 2.30 bits per heavy atom. The first kappa shape index (κ1) is 22.1. The van der Waals surface area contributed by atoms with Crippen LogP contribution in [0.3, 0.4) is 0 Å². The maximum Gasteiger partial charge on any atom is 0.338 e. The topological polar surface area (TPSA) is 90.0 Å². The number of carbonyl (C=O) groups excluding carboxylic acids is 2. The van der Waals surface area contributed by atoms with Crippen LogP contribution >= 0.6 is 0 Å². The third-order valence-electron chi connectivity index (χ3n) is 4.74. The fourth-order valence-corrected chi connectivity index (χ4v) is 4.49. The van der Waals surface area contributed by atoms with Crippen molar-refractivity contribution in [2.45, 2.75) is 24.8 Å². The summed E-state index contributed by atoms with van der Waals surface area (Å²) in [6.07, 6.45) is -1.09. The fraction of sp³-hybridized carbons (Fsp3) is 0.333. The number of aryl methyl sites for hydroxylation is 1. The summed E-state index contributed by atoms with van der Waals surface area (Å²) < 4.78 is 51.2. The molecule has 1 atom stereocenters. The van der Waals surface area contributed by atoms with E-state index in [9.17, 15) is 22.4 Å². The van der Waals surface area contributed by atoms with Gasteiger partial charge in [0, 0.05) is 18.7 Å². The van der Waals surface area contributed by atoms with Crippen molar-refractivity contribution in [3.05, 3.63) is 65.0 Å². The molecule has 2 aromatic rings. The molecule has 0 aliphatic carbocycles. The summed E-state index contributed by atoms with van der Waals surface area (Å²) in [5.74, 6) is -2.28. The Bertz CT molecular complexity index is 1050. The number of esters is 1. The Morgan fingerprint density at radius 1 is 1.07 bits per heavy atom. The van der Waals surface area contributed by atoms with Crippen molar-refractivity contribution in [2.24, 2.45) is 0 Å². The van der Waals surface area contributed by atoms with Crippen molar-refractivity contribution in [3.63, 3.8) is 0 Å². The summed E-state index contributed by atoms with van der Waals surface area (Å²) >= 11 is 0. The van der Waals surface area contributed by atoms with Crippen LogP contribution in [0.4, 0.5) is 4.39 Å². The Labute approximate surface area is 174 Å². The van der Waals surface area contributed by atoms with Gasteiger partial charge in [-0.2, -0.15) is 4.31 Å². The second-order valence-corrected chi connectivity index (χ2v) is 8.85. The van der Waals surface area contributed by atoms with Gasteiger partial charge in [-0.15, -0.1) is 0 Å². The van der Waals surface area contributed by atoms with Crippen molar-refractivity contribution >= 4 is 21.8 Å². The third kappa shape index (κ3) is 4.75. The van der Waals surface area contributed by atoms with Gasteiger partial charge in [-0.05, 0) is 32.0 Å². The normalized spacial score (nSPS) is 16.1. The molecule has 1 saturated heterocycles. The Morgan fingerprint density at radius 2 is 1.67 bits per heavy atom. The van der Waals surface area contributed by atoms with Gasteiger partial charge in [-0.3, -0.25) is 4.79 Å². The lowest BCUT2D eigenvalue weighted by atomic mass is 10.1. The van der Waals surface area contributed by atoms with Gasteiger partial charge >= 0.3 is 5.97 Å². The second-order valence-electron chi connectivity index (χ2n) is 6.94. The number of ketones is 1. The SMILES string of the molecule is Cc1ccc(C(=O)C(C)OC(=O)c2ccc(F)c(S(=O)(=O)N3CCOCC3)c2)cc1. The molecule has 0 aromatic heterocycles. The monoisotopic (exact) mass is 435 g/mol. The molecule has 7 nitrogen and oxygen atoms in total. The van der Waals surface area contributed by atoms with Crippen LogP contribution in [0.15, 0.2) is 47.4 Å². The van der Waals surface area contributed by atoms with Crippen molar-refractivity contribution in [1.29, 1.82) is 0 Å². The van der Waals surface area contributed by atoms with Gasteiger partial charge in [-0.25, -0.2) is 17.6 Å². The summed E-state index contributed by atoms with van der Waals surface area (Å²) in [7, 11) is -4.14. The van der Waals surface area contributed by atoms with E-state index in [1.54, 1.807) is 24.3 Å². The van der Waals surface area contributed by atoms with Crippen LogP contribution in [0.25, 0.3) is 0 Å². The summed E-state index contributed by atoms with van der Waals surface area (Å²) in [6.45, 7) is 3.92. The molecule has 0 bridgehead atoms. The number of Topliss-reactive ketones (excluding diaryl/α,β-unsaturated/α-hetero) is 1. The van der Waals surface area contributed by atoms with E-state index in [1.165, 1.54) is 6.92 Å². The molecule has 0 spiro atoms. The van der Waals surface area contributed by atoms with Crippen molar-refractivity contribution in [1.82, 2.24) is 4.31 Å². The minimum Gasteiger partial charge on any atom is -0.451 e. The zero-order valence-corrected chi connectivity index (χ0v) is 17.4. The average Bonchev–Trinajstić information content (AvgIpc) is 2.74. The average molecular weight is 435 g/mol. The van der Waals surface area contributed by atoms with Crippen LogP contribution in [0, 0.1) is 12.7 Å². The molecule has 160 valence electrons. The van der Waals surface area contributed by atoms with Gasteiger partial charge in [0.15, 0.2) is 6.10 Å². The van der Waals surface area contributed by atoms with Crippen LogP contribution in [0.2, 0.25) is 0 Å². The van der Waals surface area contributed by atoms with Gasteiger partial charge in [-0.1, -0.05) is 29.8 Å². The van der Waals surface area contributed by atoms with Gasteiger partial charge in [0.2, 0.25) is 15.8 Å². The molecule has 3 rings (SSSR count). The molecule has 1 aliphatic heterocycles. The van der Waals surface area contributed by atoms with E-state index in [-0.39, 0.29) is 31.9 Å². The zero-order valence-electron chi connectivity index (χ0n) is 16.6. The van der Waals surface area contributed by atoms with Crippen molar-refractivity contribution in [3.8, 4) is 0 Å². The number of morpholine rings is 1. The Hall–Kier alpha value is -2.62. The van der Waals surface area contributed by atoms with Crippen LogP contribution in [0.1, 0.15) is 33.2 Å². The first-order valence-corrected chi connectivity index (χ1v) is 10.8. The number of hydrogen-bond donors (Lipinski definition) is 0. The summed E-state index contributed by atoms with van der Waals surface area (Å²) in [4.78, 5) is 24.3. The molecule has 30 heavy (non-hydrogen) atoms. The van der Waals surface area contributed by atoms with E-state index in [1.807, 2.05) is 6.92 Å². The van der Waals surface area contributed by atoms with Crippen molar-refractivity contribution in [2.75, 3.05) is 26.3 Å². The molecule has 0 N–H and O–H groups in total. The maximum atomic E-state index is 14.3. The highest BCUT2D eigenvalue weighted by Crippen LogP contribution is 2.22. The standard InChI is InChI=1S/C21H22FNO6S/c1-14-3-5-16(6-4-14)20(24)15(2)29-21(25)17-7-8-18(22)19(13-17)30(26,27)23-9-11-28-12-10-23/h3-8,13,15H,9-12H2,1-2H3. The first-order valence-electron chi connectivity index (χ1n) is 9.39. The molecule has 1 unspecified atom stereocenters. The smallest absolute Gasteiger partial charge is 0.338 e. The van der Waals surface area contributed by atoms with E-state index in [0.29, 0.717) is 5.56 Å². The molecule has 1 fully saturated rings. The number of ether oxygens (including phenoxy) is 2. The lowest BCUT2D eigenvalue weighted by Gasteiger charge is -2.26. The lowest BCUT2D eigenvalue weighted by molar-refractivity contribution is 0.0318. The number of rotatable bonds is 6. The number of hydrogen-bond acceptors (Lipinski definition) is 6. The number of sulfonamides is 1. The van der Waals surface area contributed by atoms with Crippen LogP contribution in [-0.4, -0.2) is 56.9 Å². The summed E-state index contributed by atoms with van der Waals surface area (Å²) in [5.41, 5.74) is 1.21. The van der Waals surface area contributed by atoms with E-state index >= 15 is 0 Å². The maximum absolute atomic E-state index is 14.3. The van der Waals surface area contributed by atoms with E-state index in [2.05, 4.69) is 0 Å². The minimum absolute atomic E-state index is 0.0958. The van der Waals surface area contributed by atoms with E-state index in [4.69, 9.17) is 9.47 Å². The molecule has 0 saturated carbocycles. The molecule has 2 aromatic carbocycles. The van der Waals surface area contributed by atoms with Gasteiger partial charge in [0.25, 0.3) is 0 Å². The summed E-state index contributed by atoms with van der Waals surface area (Å²) in [6, 6.07) is 9.76. The number of benzene rings is 2. The highest BCUT2D eigenvalue weighted by molar-refractivity contribution is 7.89. The fourth-order valence-electron chi connectivity index (χ4n) is 2.99. The van der Waals surface area contributed by atoms with E-state index < -0.39 is 38.6 Å². The molecular weight excluding hydrogens is 413 g/mol. The molecule has 1 aliphatic rings. The largest absolute Gasteiger partial charge is 0.451 e. The molecule has 0 amide bonds. The van der Waals surface area contributed by atoms with Crippen LogP contribution < -0.4 is 0 Å².